The van der Waals surface area contributed by atoms with E-state index in [-0.39, 0.29) is 25.3 Å². The van der Waals surface area contributed by atoms with Gasteiger partial charge in [-0.1, -0.05) is 30.3 Å². The lowest BCUT2D eigenvalue weighted by Gasteiger charge is -2.26. The number of amides is 2. The van der Waals surface area contributed by atoms with Gasteiger partial charge in [0, 0.05) is 6.42 Å². The summed E-state index contributed by atoms with van der Waals surface area (Å²) in [5.74, 6) is -2.09. The maximum Gasteiger partial charge on any atom is 0.329 e. The molecule has 0 spiro atoms. The van der Waals surface area contributed by atoms with Gasteiger partial charge >= 0.3 is 12.2 Å². The van der Waals surface area contributed by atoms with Crippen molar-refractivity contribution in [1.29, 1.82) is 0 Å². The normalized spacial score (nSPS) is 12.8. The molecule has 34 heavy (non-hydrogen) atoms. The Kier molecular flexibility index (Phi) is 11.8. The lowest BCUT2D eigenvalue weighted by molar-refractivity contribution is -0.159. The fourth-order valence-electron chi connectivity index (χ4n) is 3.06. The molecule has 1 aromatic carbocycles. The summed E-state index contributed by atoms with van der Waals surface area (Å²) in [5, 5.41) is 5.36. The van der Waals surface area contributed by atoms with Crippen molar-refractivity contribution in [3.63, 3.8) is 0 Å². The molecule has 0 saturated heterocycles. The Morgan fingerprint density at radius 3 is 2.26 bits per heavy atom. The number of nitrogens with zero attached hydrogens (tertiary/aromatic N) is 3. The van der Waals surface area contributed by atoms with Crippen molar-refractivity contribution in [1.82, 2.24) is 15.5 Å². The van der Waals surface area contributed by atoms with Gasteiger partial charge in [-0.3, -0.25) is 14.4 Å². The first-order valence-corrected chi connectivity index (χ1v) is 11.1. The van der Waals surface area contributed by atoms with Crippen molar-refractivity contribution < 1.29 is 28.7 Å². The van der Waals surface area contributed by atoms with Crippen LogP contribution in [0.4, 0.5) is 0 Å². The number of hydrogen-bond donors (Lipinski definition) is 2. The topological polar surface area (TPSA) is 141 Å². The Morgan fingerprint density at radius 2 is 1.71 bits per heavy atom. The molecular formula is C24H35N5O5. The van der Waals surface area contributed by atoms with Crippen LogP contribution in [-0.4, -0.2) is 77.8 Å². The summed E-state index contributed by atoms with van der Waals surface area (Å²) >= 11 is 0. The average molecular weight is 474 g/mol. The van der Waals surface area contributed by atoms with E-state index in [1.54, 1.807) is 39.8 Å². The van der Waals surface area contributed by atoms with Gasteiger partial charge in [-0.25, -0.2) is 4.79 Å². The van der Waals surface area contributed by atoms with Gasteiger partial charge in [0.2, 0.25) is 17.6 Å². The van der Waals surface area contributed by atoms with Crippen molar-refractivity contribution in [3.8, 4) is 0 Å². The second-order valence-corrected chi connectivity index (χ2v) is 9.23. The number of hydrogen-bond acceptors (Lipinski definition) is 6. The maximum atomic E-state index is 13.1. The number of rotatable bonds is 13. The van der Waals surface area contributed by atoms with E-state index in [4.69, 9.17) is 10.3 Å². The highest BCUT2D eigenvalue weighted by molar-refractivity contribution is 6.25. The second kappa shape index (κ2) is 14.0. The zero-order valence-corrected chi connectivity index (χ0v) is 20.5. The van der Waals surface area contributed by atoms with Crippen LogP contribution in [0.2, 0.25) is 0 Å². The Labute approximate surface area is 200 Å². The highest BCUT2D eigenvalue weighted by Gasteiger charge is 2.30. The summed E-state index contributed by atoms with van der Waals surface area (Å²) in [5.41, 5.74) is 8.72. The largest absolute Gasteiger partial charge is 0.458 e. The number of ketones is 1. The minimum absolute atomic E-state index is 0.0530. The molecule has 0 heterocycles. The van der Waals surface area contributed by atoms with Crippen molar-refractivity contribution >= 4 is 29.8 Å². The molecule has 10 nitrogen and oxygen atoms in total. The number of esters is 1. The van der Waals surface area contributed by atoms with Crippen LogP contribution in [-0.2, 0) is 30.3 Å². The van der Waals surface area contributed by atoms with Crippen LogP contribution in [0.25, 0.3) is 5.53 Å². The Hall–Kier alpha value is -3.36. The number of benzene rings is 1. The fourth-order valence-corrected chi connectivity index (χ4v) is 3.06. The van der Waals surface area contributed by atoms with Gasteiger partial charge in [-0.15, -0.1) is 0 Å². The zero-order chi connectivity index (χ0) is 25.7. The van der Waals surface area contributed by atoms with Crippen LogP contribution < -0.4 is 10.6 Å². The maximum absolute atomic E-state index is 13.1. The molecule has 0 unspecified atom stereocenters. The highest BCUT2D eigenvalue weighted by atomic mass is 16.6. The van der Waals surface area contributed by atoms with E-state index in [0.29, 0.717) is 12.8 Å². The number of ether oxygens (including phenoxy) is 1. The van der Waals surface area contributed by atoms with E-state index in [0.717, 1.165) is 11.8 Å². The number of likely N-dealkylation sites (N-methyl/N-ethyl adjacent to an activating group) is 1. The molecule has 186 valence electrons. The number of nitrogens with one attached hydrogen (secondary N) is 2. The monoisotopic (exact) mass is 473 g/mol. The number of carbonyl (C=O) groups is 4. The highest BCUT2D eigenvalue weighted by Crippen LogP contribution is 2.12. The van der Waals surface area contributed by atoms with Gasteiger partial charge in [0.25, 0.3) is 0 Å². The minimum Gasteiger partial charge on any atom is -0.458 e. The SMILES string of the molecule is CN(C)CC(=O)N[C@@H](CCc1ccccc1)C(=O)N[C@@H](CCC(=O)C=[N+]=[N-])C(=O)OC(C)(C)C. The molecule has 0 aromatic heterocycles. The van der Waals surface area contributed by atoms with Gasteiger partial charge < -0.3 is 25.8 Å². The second-order valence-electron chi connectivity index (χ2n) is 9.23. The standard InChI is InChI=1S/C24H35N5O5/c1-24(2,3)34-23(33)20(14-12-18(30)15-26-25)28-22(32)19(27-21(31)16-29(4)5)13-11-17-9-7-6-8-10-17/h6-10,15,19-20H,11-14,16H2,1-5H3,(H,27,31)(H,28,32)/t19-,20-/m0/s1. The van der Waals surface area contributed by atoms with Crippen LogP contribution in [0, 0.1) is 0 Å². The minimum atomic E-state index is -1.12. The van der Waals surface area contributed by atoms with Crippen molar-refractivity contribution in [3.05, 3.63) is 41.4 Å². The van der Waals surface area contributed by atoms with Crippen molar-refractivity contribution in [2.24, 2.45) is 0 Å². The summed E-state index contributed by atoms with van der Waals surface area (Å²) in [4.78, 5) is 54.3. The van der Waals surface area contributed by atoms with Crippen LogP contribution >= 0.6 is 0 Å². The first-order valence-electron chi connectivity index (χ1n) is 11.1. The first-order chi connectivity index (χ1) is 15.9. The molecule has 1 aromatic rings. The van der Waals surface area contributed by atoms with Crippen molar-refractivity contribution in [2.45, 2.75) is 64.1 Å². The first kappa shape index (κ1) is 28.7. The smallest absolute Gasteiger partial charge is 0.329 e. The lowest BCUT2D eigenvalue weighted by Crippen LogP contribution is -2.53. The summed E-state index contributed by atoms with van der Waals surface area (Å²) in [6.45, 7) is 5.17. The van der Waals surface area contributed by atoms with Gasteiger partial charge in [0.1, 0.15) is 17.7 Å². The predicted molar refractivity (Wildman–Crippen MR) is 127 cm³/mol. The zero-order valence-electron chi connectivity index (χ0n) is 20.5. The number of Topliss-reactive ketones (excluding diaryl/α,β-unsaturated/α-hetero) is 1. The van der Waals surface area contributed by atoms with Crippen LogP contribution in [0.15, 0.2) is 30.3 Å². The molecule has 10 heteroatoms. The molecule has 2 amide bonds. The van der Waals surface area contributed by atoms with Gasteiger partial charge in [-0.2, -0.15) is 4.79 Å². The van der Waals surface area contributed by atoms with E-state index in [2.05, 4.69) is 15.4 Å². The number of aryl methyl sites for hydroxylation is 1. The molecule has 2 N–H and O–H groups in total. The third-order valence-electron chi connectivity index (χ3n) is 4.56. The summed E-state index contributed by atoms with van der Waals surface area (Å²) in [6, 6.07) is 7.50. The van der Waals surface area contributed by atoms with Crippen LogP contribution in [0.5, 0.6) is 0 Å². The third-order valence-corrected chi connectivity index (χ3v) is 4.56. The van der Waals surface area contributed by atoms with E-state index in [9.17, 15) is 19.2 Å². The summed E-state index contributed by atoms with van der Waals surface area (Å²) in [6.07, 6.45) is 1.38. The van der Waals surface area contributed by atoms with Gasteiger partial charge in [0.05, 0.1) is 6.54 Å². The molecular weight excluding hydrogens is 438 g/mol. The Balaban J connectivity index is 3.01. The summed E-state index contributed by atoms with van der Waals surface area (Å²) in [7, 11) is 3.48. The molecule has 0 radical (unpaired) electrons. The van der Waals surface area contributed by atoms with Crippen molar-refractivity contribution in [2.75, 3.05) is 20.6 Å². The molecule has 0 aliphatic rings. The Bertz CT molecular complexity index is 889. The Morgan fingerprint density at radius 1 is 1.06 bits per heavy atom. The lowest BCUT2D eigenvalue weighted by atomic mass is 10.0. The van der Waals surface area contributed by atoms with Gasteiger partial charge in [-0.05, 0) is 59.7 Å². The molecule has 0 fully saturated rings. The molecule has 1 rings (SSSR count). The average Bonchev–Trinajstić information content (AvgIpc) is 2.73. The molecule has 2 atom stereocenters. The van der Waals surface area contributed by atoms with E-state index >= 15 is 0 Å². The van der Waals surface area contributed by atoms with Crippen LogP contribution in [0.1, 0.15) is 45.6 Å². The quantitative estimate of drug-likeness (QED) is 0.190. The fraction of sp³-hybridized carbons (Fsp3) is 0.542. The van der Waals surface area contributed by atoms with E-state index < -0.39 is 35.3 Å². The third kappa shape index (κ3) is 12.0. The molecule has 0 saturated carbocycles. The van der Waals surface area contributed by atoms with E-state index in [1.165, 1.54) is 0 Å². The summed E-state index contributed by atoms with van der Waals surface area (Å²) < 4.78 is 5.39. The molecule has 0 bridgehead atoms. The predicted octanol–water partition coefficient (Wildman–Crippen LogP) is 1.14. The molecule has 0 aliphatic carbocycles. The van der Waals surface area contributed by atoms with E-state index in [1.807, 2.05) is 30.3 Å². The van der Waals surface area contributed by atoms with Gasteiger partial charge in [0.15, 0.2) is 0 Å². The number of carbonyl (C=O) groups excluding carboxylic acids is 4. The van der Waals surface area contributed by atoms with Crippen LogP contribution in [0.3, 0.4) is 0 Å². The molecule has 0 aliphatic heterocycles.